The van der Waals surface area contributed by atoms with Crippen molar-refractivity contribution in [1.82, 2.24) is 19.6 Å². The molecule has 1 saturated carbocycles. The number of anilines is 1. The largest absolute Gasteiger partial charge is 0.435 e. The number of hydrogen-bond donors (Lipinski definition) is 1. The number of aryl methyl sites for hydroxylation is 1. The van der Waals surface area contributed by atoms with Crippen LogP contribution in [0.15, 0.2) is 6.07 Å². The number of nitrogens with zero attached hydrogens (tertiary/aromatic N) is 4. The SMILES string of the molecule is Cn1nc(C2CC2)cc1NC(=O)Cn1nc(C(F)(F)F)c2c1CCC2. The van der Waals surface area contributed by atoms with E-state index in [2.05, 4.69) is 15.5 Å². The zero-order chi connectivity index (χ0) is 17.8. The van der Waals surface area contributed by atoms with Crippen LogP contribution in [-0.2, 0) is 37.4 Å². The topological polar surface area (TPSA) is 64.7 Å². The van der Waals surface area contributed by atoms with Crippen molar-refractivity contribution in [3.05, 3.63) is 28.7 Å². The number of hydrogen-bond acceptors (Lipinski definition) is 3. The predicted molar refractivity (Wildman–Crippen MR) is 83.1 cm³/mol. The van der Waals surface area contributed by atoms with E-state index in [-0.39, 0.29) is 12.1 Å². The minimum absolute atomic E-state index is 0.233. The van der Waals surface area contributed by atoms with E-state index < -0.39 is 17.8 Å². The predicted octanol–water partition coefficient (Wildman–Crippen LogP) is 2.64. The molecule has 0 saturated heterocycles. The van der Waals surface area contributed by atoms with E-state index in [1.54, 1.807) is 11.7 Å². The van der Waals surface area contributed by atoms with Gasteiger partial charge in [-0.15, -0.1) is 0 Å². The first kappa shape index (κ1) is 16.2. The first-order valence-corrected chi connectivity index (χ1v) is 8.32. The lowest BCUT2D eigenvalue weighted by Crippen LogP contribution is -2.22. The van der Waals surface area contributed by atoms with Gasteiger partial charge in [0.05, 0.1) is 5.69 Å². The number of carbonyl (C=O) groups is 1. The maximum Gasteiger partial charge on any atom is 0.435 e. The van der Waals surface area contributed by atoms with Crippen LogP contribution in [-0.4, -0.2) is 25.5 Å². The summed E-state index contributed by atoms with van der Waals surface area (Å²) in [7, 11) is 1.73. The highest BCUT2D eigenvalue weighted by atomic mass is 19.4. The Morgan fingerprint density at radius 3 is 2.76 bits per heavy atom. The number of aromatic nitrogens is 4. The Bertz CT molecular complexity index is 832. The molecule has 0 unspecified atom stereocenters. The van der Waals surface area contributed by atoms with Gasteiger partial charge in [0.1, 0.15) is 12.4 Å². The van der Waals surface area contributed by atoms with Crippen LogP contribution < -0.4 is 5.32 Å². The maximum atomic E-state index is 13.1. The van der Waals surface area contributed by atoms with Crippen molar-refractivity contribution < 1.29 is 18.0 Å². The van der Waals surface area contributed by atoms with Crippen LogP contribution in [0.25, 0.3) is 0 Å². The molecule has 0 aromatic carbocycles. The van der Waals surface area contributed by atoms with Gasteiger partial charge in [0.2, 0.25) is 5.91 Å². The van der Waals surface area contributed by atoms with E-state index in [9.17, 15) is 18.0 Å². The minimum Gasteiger partial charge on any atom is -0.309 e. The summed E-state index contributed by atoms with van der Waals surface area (Å²) in [4.78, 5) is 12.3. The third kappa shape index (κ3) is 3.03. The molecule has 2 aliphatic rings. The third-order valence-corrected chi connectivity index (χ3v) is 4.73. The lowest BCUT2D eigenvalue weighted by molar-refractivity contribution is -0.142. The van der Waals surface area contributed by atoms with Crippen molar-refractivity contribution in [3.63, 3.8) is 0 Å². The smallest absolute Gasteiger partial charge is 0.309 e. The molecule has 2 aliphatic carbocycles. The average Bonchev–Trinajstić information content (AvgIpc) is 2.99. The Kier molecular flexibility index (Phi) is 3.62. The van der Waals surface area contributed by atoms with E-state index in [1.807, 2.05) is 6.07 Å². The second-order valence-corrected chi connectivity index (χ2v) is 6.68. The Labute approximate surface area is 142 Å². The third-order valence-electron chi connectivity index (χ3n) is 4.73. The molecule has 0 aliphatic heterocycles. The molecule has 0 bridgehead atoms. The molecule has 134 valence electrons. The lowest BCUT2D eigenvalue weighted by Gasteiger charge is -2.07. The highest BCUT2D eigenvalue weighted by Crippen LogP contribution is 2.40. The van der Waals surface area contributed by atoms with E-state index in [0.29, 0.717) is 36.7 Å². The van der Waals surface area contributed by atoms with E-state index in [0.717, 1.165) is 18.5 Å². The van der Waals surface area contributed by atoms with Gasteiger partial charge in [0.15, 0.2) is 5.69 Å². The number of fused-ring (bicyclic) bond motifs is 1. The van der Waals surface area contributed by atoms with Gasteiger partial charge in [-0.05, 0) is 32.1 Å². The molecule has 9 heteroatoms. The fraction of sp³-hybridized carbons (Fsp3) is 0.562. The number of amides is 1. The van der Waals surface area contributed by atoms with Crippen LogP contribution in [0.2, 0.25) is 0 Å². The summed E-state index contributed by atoms with van der Waals surface area (Å²) in [5, 5.41) is 10.7. The van der Waals surface area contributed by atoms with Crippen LogP contribution in [0.5, 0.6) is 0 Å². The summed E-state index contributed by atoms with van der Waals surface area (Å²) in [6.07, 6.45) is -0.753. The number of nitrogens with one attached hydrogen (secondary N) is 1. The second kappa shape index (κ2) is 5.60. The zero-order valence-electron chi connectivity index (χ0n) is 13.7. The Hall–Kier alpha value is -2.32. The fourth-order valence-corrected chi connectivity index (χ4v) is 3.37. The molecule has 25 heavy (non-hydrogen) atoms. The highest BCUT2D eigenvalue weighted by Gasteiger charge is 2.40. The molecular formula is C16H18F3N5O. The summed E-state index contributed by atoms with van der Waals surface area (Å²) < 4.78 is 42.0. The van der Waals surface area contributed by atoms with Crippen molar-refractivity contribution in [3.8, 4) is 0 Å². The van der Waals surface area contributed by atoms with Crippen molar-refractivity contribution in [2.24, 2.45) is 7.05 Å². The molecule has 1 fully saturated rings. The standard InChI is InChI=1S/C16H18F3N5O/c1-23-13(7-11(21-23)9-5-6-9)20-14(25)8-24-12-4-2-3-10(12)15(22-24)16(17,18)19/h7,9H,2-6,8H2,1H3,(H,20,25). The molecule has 2 aromatic heterocycles. The molecule has 1 N–H and O–H groups in total. The summed E-state index contributed by atoms with van der Waals surface area (Å²) in [5.41, 5.74) is 0.837. The van der Waals surface area contributed by atoms with Gasteiger partial charge >= 0.3 is 6.18 Å². The van der Waals surface area contributed by atoms with Gasteiger partial charge in [-0.3, -0.25) is 14.2 Å². The van der Waals surface area contributed by atoms with E-state index in [1.165, 1.54) is 4.68 Å². The van der Waals surface area contributed by atoms with Crippen molar-refractivity contribution in [2.75, 3.05) is 5.32 Å². The number of rotatable bonds is 4. The van der Waals surface area contributed by atoms with Gasteiger partial charge in [-0.25, -0.2) is 0 Å². The molecule has 0 atom stereocenters. The van der Waals surface area contributed by atoms with Crippen LogP contribution in [0.3, 0.4) is 0 Å². The molecule has 0 radical (unpaired) electrons. The Morgan fingerprint density at radius 1 is 1.32 bits per heavy atom. The van der Waals surface area contributed by atoms with Gasteiger partial charge in [0, 0.05) is 30.3 Å². The van der Waals surface area contributed by atoms with Crippen molar-refractivity contribution in [1.29, 1.82) is 0 Å². The van der Waals surface area contributed by atoms with Crippen molar-refractivity contribution >= 4 is 11.7 Å². The van der Waals surface area contributed by atoms with Crippen LogP contribution in [0.4, 0.5) is 19.0 Å². The number of halogens is 3. The molecule has 6 nitrogen and oxygen atoms in total. The lowest BCUT2D eigenvalue weighted by atomic mass is 10.2. The minimum atomic E-state index is -4.49. The zero-order valence-corrected chi connectivity index (χ0v) is 13.7. The second-order valence-electron chi connectivity index (χ2n) is 6.68. The summed E-state index contributed by atoms with van der Waals surface area (Å²) in [6.45, 7) is -0.234. The van der Waals surface area contributed by atoms with Crippen LogP contribution in [0, 0.1) is 0 Å². The van der Waals surface area contributed by atoms with Crippen LogP contribution in [0.1, 0.15) is 47.8 Å². The molecular weight excluding hydrogens is 335 g/mol. The monoisotopic (exact) mass is 353 g/mol. The first-order valence-electron chi connectivity index (χ1n) is 8.32. The van der Waals surface area contributed by atoms with E-state index >= 15 is 0 Å². The quantitative estimate of drug-likeness (QED) is 0.919. The Balaban J connectivity index is 1.51. The molecule has 2 aromatic rings. The van der Waals surface area contributed by atoms with Gasteiger partial charge in [-0.1, -0.05) is 0 Å². The number of carbonyl (C=O) groups excluding carboxylic acids is 1. The van der Waals surface area contributed by atoms with Crippen molar-refractivity contribution in [2.45, 2.75) is 50.7 Å². The van der Waals surface area contributed by atoms with E-state index in [4.69, 9.17) is 0 Å². The van der Waals surface area contributed by atoms with Gasteiger partial charge < -0.3 is 5.32 Å². The molecule has 4 rings (SSSR count). The Morgan fingerprint density at radius 2 is 2.08 bits per heavy atom. The molecule has 2 heterocycles. The summed E-state index contributed by atoms with van der Waals surface area (Å²) >= 11 is 0. The van der Waals surface area contributed by atoms with Crippen LogP contribution >= 0.6 is 0 Å². The van der Waals surface area contributed by atoms with Gasteiger partial charge in [0.25, 0.3) is 0 Å². The highest BCUT2D eigenvalue weighted by molar-refractivity contribution is 5.89. The average molecular weight is 353 g/mol. The first-order chi connectivity index (χ1) is 11.8. The summed E-state index contributed by atoms with van der Waals surface area (Å²) in [6, 6.07) is 1.82. The molecule has 1 amide bonds. The normalized spacial score (nSPS) is 17.0. The number of alkyl halides is 3. The fourth-order valence-electron chi connectivity index (χ4n) is 3.37. The maximum absolute atomic E-state index is 13.1. The van der Waals surface area contributed by atoms with Gasteiger partial charge in [-0.2, -0.15) is 23.4 Å². The molecule has 0 spiro atoms. The summed E-state index contributed by atoms with van der Waals surface area (Å²) in [5.74, 6) is 0.601.